The molecule has 0 unspecified atom stereocenters. The minimum absolute atomic E-state index is 0.117. The van der Waals surface area contributed by atoms with Crippen molar-refractivity contribution in [3.63, 3.8) is 0 Å². The average molecular weight is 375 g/mol. The highest BCUT2D eigenvalue weighted by Crippen LogP contribution is 2.27. The third kappa shape index (κ3) is 4.28. The number of benzene rings is 2. The van der Waals surface area contributed by atoms with Gasteiger partial charge in [0.05, 0.1) is 16.8 Å². The van der Waals surface area contributed by atoms with Crippen molar-refractivity contribution >= 4 is 22.7 Å². The molecule has 0 saturated heterocycles. The molecule has 4 nitrogen and oxygen atoms in total. The van der Waals surface area contributed by atoms with Crippen molar-refractivity contribution < 1.29 is 14.3 Å². The van der Waals surface area contributed by atoms with Crippen molar-refractivity contribution in [1.29, 1.82) is 0 Å². The number of aromatic nitrogens is 1. The van der Waals surface area contributed by atoms with Gasteiger partial charge in [-0.25, -0.2) is 9.78 Å². The van der Waals surface area contributed by atoms with Crippen molar-refractivity contribution in [2.45, 2.75) is 34.6 Å². The van der Waals surface area contributed by atoms with Crippen molar-refractivity contribution in [3.05, 3.63) is 65.2 Å². The van der Waals surface area contributed by atoms with Crippen LogP contribution < -0.4 is 0 Å². The number of ether oxygens (including phenoxy) is 1. The number of aryl methyl sites for hydroxylation is 2. The second-order valence-electron chi connectivity index (χ2n) is 8.19. The molecule has 0 fully saturated rings. The van der Waals surface area contributed by atoms with Gasteiger partial charge in [-0.05, 0) is 32.0 Å². The summed E-state index contributed by atoms with van der Waals surface area (Å²) in [5, 5.41) is 0.726. The number of nitrogens with zero attached hydrogens (tertiary/aromatic N) is 1. The van der Waals surface area contributed by atoms with Crippen LogP contribution in [0.15, 0.2) is 48.5 Å². The van der Waals surface area contributed by atoms with Gasteiger partial charge in [0.15, 0.2) is 12.4 Å². The Morgan fingerprint density at radius 3 is 2.21 bits per heavy atom. The molecule has 144 valence electrons. The van der Waals surface area contributed by atoms with Crippen molar-refractivity contribution in [2.75, 3.05) is 6.61 Å². The third-order valence-electron chi connectivity index (χ3n) is 4.70. The van der Waals surface area contributed by atoms with Crippen molar-refractivity contribution in [1.82, 2.24) is 4.98 Å². The second kappa shape index (κ2) is 7.55. The quantitative estimate of drug-likeness (QED) is 0.581. The van der Waals surface area contributed by atoms with Gasteiger partial charge in [-0.1, -0.05) is 62.2 Å². The molecule has 3 rings (SSSR count). The molecule has 0 radical (unpaired) electrons. The largest absolute Gasteiger partial charge is 0.454 e. The highest BCUT2D eigenvalue weighted by atomic mass is 16.5. The number of carbonyl (C=O) groups is 2. The molecule has 28 heavy (non-hydrogen) atoms. The van der Waals surface area contributed by atoms with E-state index in [-0.39, 0.29) is 12.4 Å². The number of pyridine rings is 1. The minimum Gasteiger partial charge on any atom is -0.454 e. The summed E-state index contributed by atoms with van der Waals surface area (Å²) in [7, 11) is 0. The zero-order valence-corrected chi connectivity index (χ0v) is 17.0. The summed E-state index contributed by atoms with van der Waals surface area (Å²) < 4.78 is 5.36. The van der Waals surface area contributed by atoms with Crippen LogP contribution in [-0.2, 0) is 9.53 Å². The minimum atomic E-state index is -0.551. The van der Waals surface area contributed by atoms with E-state index in [1.807, 2.05) is 77.1 Å². The summed E-state index contributed by atoms with van der Waals surface area (Å²) in [4.78, 5) is 29.7. The Labute approximate surface area is 165 Å². The fourth-order valence-electron chi connectivity index (χ4n) is 2.81. The smallest absolute Gasteiger partial charge is 0.339 e. The van der Waals surface area contributed by atoms with E-state index in [0.717, 1.165) is 27.6 Å². The lowest BCUT2D eigenvalue weighted by Crippen LogP contribution is -2.26. The van der Waals surface area contributed by atoms with Crippen LogP contribution in [0.4, 0.5) is 0 Å². The molecule has 0 aliphatic rings. The summed E-state index contributed by atoms with van der Waals surface area (Å²) in [5.74, 6) is -0.627. The fraction of sp³-hybridized carbons (Fsp3) is 0.292. The number of carbonyl (C=O) groups excluding carboxylic acids is 2. The number of fused-ring (bicyclic) bond motifs is 1. The lowest BCUT2D eigenvalue weighted by Gasteiger charge is -2.16. The first kappa shape index (κ1) is 19.7. The van der Waals surface area contributed by atoms with E-state index >= 15 is 0 Å². The Morgan fingerprint density at radius 1 is 0.929 bits per heavy atom. The van der Waals surface area contributed by atoms with Gasteiger partial charge in [-0.3, -0.25) is 4.79 Å². The Kier molecular flexibility index (Phi) is 5.32. The molecule has 2 aromatic carbocycles. The first-order chi connectivity index (χ1) is 13.1. The molecular formula is C24H25NO3. The summed E-state index contributed by atoms with van der Waals surface area (Å²) in [6, 6.07) is 15.5. The van der Waals surface area contributed by atoms with E-state index < -0.39 is 11.4 Å². The monoisotopic (exact) mass is 375 g/mol. The Morgan fingerprint density at radius 2 is 1.57 bits per heavy atom. The third-order valence-corrected chi connectivity index (χ3v) is 4.70. The molecule has 1 aromatic heterocycles. The van der Waals surface area contributed by atoms with Gasteiger partial charge in [-0.2, -0.15) is 0 Å². The molecular weight excluding hydrogens is 350 g/mol. The lowest BCUT2D eigenvalue weighted by atomic mass is 9.91. The highest BCUT2D eigenvalue weighted by Gasteiger charge is 2.23. The molecule has 0 saturated carbocycles. The molecule has 0 bridgehead atoms. The van der Waals surface area contributed by atoms with Gasteiger partial charge in [0.1, 0.15) is 0 Å². The van der Waals surface area contributed by atoms with Gasteiger partial charge >= 0.3 is 5.97 Å². The van der Waals surface area contributed by atoms with Gasteiger partial charge < -0.3 is 4.74 Å². The first-order valence-corrected chi connectivity index (χ1v) is 9.34. The maximum absolute atomic E-state index is 12.8. The number of ketones is 1. The molecule has 0 aliphatic carbocycles. The Balaban J connectivity index is 2.03. The number of rotatable bonds is 4. The SMILES string of the molecule is Cc1ccc(-c2cc(C(=O)OCC(=O)C(C)(C)C)c3cc(C)ccc3n2)cc1. The summed E-state index contributed by atoms with van der Waals surface area (Å²) >= 11 is 0. The van der Waals surface area contributed by atoms with Crippen LogP contribution in [0.25, 0.3) is 22.2 Å². The van der Waals surface area contributed by atoms with Crippen LogP contribution >= 0.6 is 0 Å². The predicted molar refractivity (Wildman–Crippen MR) is 111 cm³/mol. The van der Waals surface area contributed by atoms with E-state index in [4.69, 9.17) is 9.72 Å². The predicted octanol–water partition coefficient (Wildman–Crippen LogP) is 5.29. The van der Waals surface area contributed by atoms with Crippen LogP contribution in [0.2, 0.25) is 0 Å². The zero-order chi connectivity index (χ0) is 20.5. The lowest BCUT2D eigenvalue weighted by molar-refractivity contribution is -0.129. The molecule has 0 N–H and O–H groups in total. The molecule has 0 aliphatic heterocycles. The van der Waals surface area contributed by atoms with Gasteiger partial charge in [0, 0.05) is 16.4 Å². The zero-order valence-electron chi connectivity index (χ0n) is 17.0. The van der Waals surface area contributed by atoms with Crippen LogP contribution in [0.5, 0.6) is 0 Å². The average Bonchev–Trinajstić information content (AvgIpc) is 2.64. The molecule has 1 heterocycles. The van der Waals surface area contributed by atoms with Crippen molar-refractivity contribution in [3.8, 4) is 11.3 Å². The fourth-order valence-corrected chi connectivity index (χ4v) is 2.81. The number of hydrogen-bond acceptors (Lipinski definition) is 4. The van der Waals surface area contributed by atoms with Crippen LogP contribution in [-0.4, -0.2) is 23.3 Å². The summed E-state index contributed by atoms with van der Waals surface area (Å²) in [6.07, 6.45) is 0. The molecule has 0 amide bonds. The molecule has 0 atom stereocenters. The topological polar surface area (TPSA) is 56.3 Å². The van der Waals surface area contributed by atoms with Gasteiger partial charge in [-0.15, -0.1) is 0 Å². The van der Waals surface area contributed by atoms with Crippen LogP contribution in [0, 0.1) is 19.3 Å². The second-order valence-corrected chi connectivity index (χ2v) is 8.19. The van der Waals surface area contributed by atoms with Crippen LogP contribution in [0.1, 0.15) is 42.3 Å². The van der Waals surface area contributed by atoms with Gasteiger partial charge in [0.2, 0.25) is 0 Å². The maximum atomic E-state index is 12.8. The number of hydrogen-bond donors (Lipinski definition) is 0. The maximum Gasteiger partial charge on any atom is 0.339 e. The summed E-state index contributed by atoms with van der Waals surface area (Å²) in [5.41, 5.74) is 4.39. The van der Waals surface area contributed by atoms with E-state index in [2.05, 4.69) is 0 Å². The summed E-state index contributed by atoms with van der Waals surface area (Å²) in [6.45, 7) is 9.18. The van der Waals surface area contributed by atoms with E-state index in [1.54, 1.807) is 6.07 Å². The van der Waals surface area contributed by atoms with E-state index in [9.17, 15) is 9.59 Å². The molecule has 4 heteroatoms. The number of esters is 1. The Bertz CT molecular complexity index is 1040. The van der Waals surface area contributed by atoms with E-state index in [0.29, 0.717) is 11.3 Å². The highest BCUT2D eigenvalue weighted by molar-refractivity contribution is 6.05. The first-order valence-electron chi connectivity index (χ1n) is 9.34. The van der Waals surface area contributed by atoms with Crippen LogP contribution in [0.3, 0.4) is 0 Å². The Hall–Kier alpha value is -3.01. The number of Topliss-reactive ketones (excluding diaryl/α,β-unsaturated/α-hetero) is 1. The molecule has 0 spiro atoms. The van der Waals surface area contributed by atoms with E-state index in [1.165, 1.54) is 0 Å². The molecule has 3 aromatic rings. The normalized spacial score (nSPS) is 11.5. The standard InChI is InChI=1S/C24H25NO3/c1-15-6-9-17(10-7-15)21-13-19(18-12-16(2)8-11-20(18)25-21)23(27)28-14-22(26)24(3,4)5/h6-13H,14H2,1-5H3. The van der Waals surface area contributed by atoms with Gasteiger partial charge in [0.25, 0.3) is 0 Å². The van der Waals surface area contributed by atoms with Crippen molar-refractivity contribution in [2.24, 2.45) is 5.41 Å².